The van der Waals surface area contributed by atoms with E-state index in [-0.39, 0.29) is 18.1 Å². The molecule has 1 aromatic carbocycles. The Bertz CT molecular complexity index is 465. The summed E-state index contributed by atoms with van der Waals surface area (Å²) in [7, 11) is 0. The molecule has 3 nitrogen and oxygen atoms in total. The molecule has 0 spiro atoms. The van der Waals surface area contributed by atoms with Crippen molar-refractivity contribution in [2.24, 2.45) is 0 Å². The standard InChI is InChI=1S/C15H20F2O3/c1-5-20-13(18)15(16,17)14(4,19)12-8-6-11(7-9-12)10(2)3/h6-10,19H,5H2,1-4H3. The second-order valence-corrected chi connectivity index (χ2v) is 5.14. The van der Waals surface area contributed by atoms with Gasteiger partial charge in [-0.3, -0.25) is 0 Å². The molecule has 0 aliphatic heterocycles. The molecule has 0 saturated heterocycles. The van der Waals surface area contributed by atoms with Crippen LogP contribution >= 0.6 is 0 Å². The van der Waals surface area contributed by atoms with Crippen molar-refractivity contribution in [2.75, 3.05) is 6.61 Å². The van der Waals surface area contributed by atoms with Crippen molar-refractivity contribution in [3.8, 4) is 0 Å². The maximum Gasteiger partial charge on any atom is 0.380 e. The lowest BCUT2D eigenvalue weighted by Crippen LogP contribution is -2.49. The number of halogens is 2. The lowest BCUT2D eigenvalue weighted by Gasteiger charge is -2.31. The highest BCUT2D eigenvalue weighted by atomic mass is 19.3. The molecular weight excluding hydrogens is 266 g/mol. The molecule has 1 aromatic rings. The number of hydrogen-bond acceptors (Lipinski definition) is 3. The molecule has 0 aromatic heterocycles. The van der Waals surface area contributed by atoms with E-state index in [0.717, 1.165) is 12.5 Å². The van der Waals surface area contributed by atoms with Crippen LogP contribution in [-0.4, -0.2) is 23.6 Å². The maximum atomic E-state index is 14.0. The van der Waals surface area contributed by atoms with Gasteiger partial charge in [0.2, 0.25) is 0 Å². The van der Waals surface area contributed by atoms with Crippen LogP contribution in [-0.2, 0) is 15.1 Å². The summed E-state index contributed by atoms with van der Waals surface area (Å²) in [5, 5.41) is 10.1. The van der Waals surface area contributed by atoms with Crippen LogP contribution in [0.1, 0.15) is 44.7 Å². The van der Waals surface area contributed by atoms with E-state index in [9.17, 15) is 18.7 Å². The van der Waals surface area contributed by atoms with Gasteiger partial charge in [-0.2, -0.15) is 8.78 Å². The predicted molar refractivity (Wildman–Crippen MR) is 71.7 cm³/mol. The quantitative estimate of drug-likeness (QED) is 0.845. The molecule has 0 heterocycles. The molecule has 20 heavy (non-hydrogen) atoms. The number of alkyl halides is 2. The van der Waals surface area contributed by atoms with Crippen LogP contribution in [0.3, 0.4) is 0 Å². The molecule has 0 aliphatic rings. The molecule has 0 aliphatic carbocycles. The second kappa shape index (κ2) is 5.87. The van der Waals surface area contributed by atoms with Gasteiger partial charge in [-0.1, -0.05) is 38.1 Å². The van der Waals surface area contributed by atoms with E-state index in [1.54, 1.807) is 12.1 Å². The Kier molecular flexibility index (Phi) is 4.86. The summed E-state index contributed by atoms with van der Waals surface area (Å²) in [6.45, 7) is 6.12. The van der Waals surface area contributed by atoms with Crippen LogP contribution in [0, 0.1) is 0 Å². The van der Waals surface area contributed by atoms with Gasteiger partial charge in [0, 0.05) is 0 Å². The number of hydrogen-bond donors (Lipinski definition) is 1. The van der Waals surface area contributed by atoms with E-state index in [1.807, 2.05) is 13.8 Å². The molecule has 5 heteroatoms. The van der Waals surface area contributed by atoms with Crippen molar-refractivity contribution in [1.82, 2.24) is 0 Å². The van der Waals surface area contributed by atoms with Gasteiger partial charge in [-0.25, -0.2) is 4.79 Å². The Labute approximate surface area is 117 Å². The Hall–Kier alpha value is -1.49. The van der Waals surface area contributed by atoms with Crippen LogP contribution in [0.15, 0.2) is 24.3 Å². The van der Waals surface area contributed by atoms with Crippen LogP contribution in [0.2, 0.25) is 0 Å². The Balaban J connectivity index is 3.11. The maximum absolute atomic E-state index is 14.0. The second-order valence-electron chi connectivity index (χ2n) is 5.14. The lowest BCUT2D eigenvalue weighted by atomic mass is 9.87. The minimum absolute atomic E-state index is 0.0278. The minimum atomic E-state index is -4.01. The fraction of sp³-hybridized carbons (Fsp3) is 0.533. The van der Waals surface area contributed by atoms with Gasteiger partial charge in [0.1, 0.15) is 0 Å². The average Bonchev–Trinajstić information content (AvgIpc) is 2.38. The van der Waals surface area contributed by atoms with Gasteiger partial charge in [0.25, 0.3) is 0 Å². The van der Waals surface area contributed by atoms with E-state index < -0.39 is 17.5 Å². The van der Waals surface area contributed by atoms with Crippen molar-refractivity contribution < 1.29 is 23.4 Å². The predicted octanol–water partition coefficient (Wildman–Crippen LogP) is 3.22. The smallest absolute Gasteiger partial charge is 0.380 e. The number of carbonyl (C=O) groups excluding carboxylic acids is 1. The zero-order chi connectivity index (χ0) is 15.6. The third kappa shape index (κ3) is 2.98. The Morgan fingerprint density at radius 1 is 1.30 bits per heavy atom. The molecular formula is C15H20F2O3. The SMILES string of the molecule is CCOC(=O)C(F)(F)C(C)(O)c1ccc(C(C)C)cc1. The van der Waals surface area contributed by atoms with E-state index in [1.165, 1.54) is 19.1 Å². The van der Waals surface area contributed by atoms with E-state index in [2.05, 4.69) is 4.74 Å². The van der Waals surface area contributed by atoms with Crippen LogP contribution in [0.25, 0.3) is 0 Å². The van der Waals surface area contributed by atoms with E-state index in [0.29, 0.717) is 0 Å². The van der Waals surface area contributed by atoms with Crippen molar-refractivity contribution in [3.63, 3.8) is 0 Å². The molecule has 1 unspecified atom stereocenters. The zero-order valence-corrected chi connectivity index (χ0v) is 12.1. The topological polar surface area (TPSA) is 46.5 Å². The molecule has 112 valence electrons. The van der Waals surface area contributed by atoms with Crippen LogP contribution < -0.4 is 0 Å². The van der Waals surface area contributed by atoms with Crippen molar-refractivity contribution in [3.05, 3.63) is 35.4 Å². The molecule has 0 saturated carbocycles. The first kappa shape index (κ1) is 16.6. The summed E-state index contributed by atoms with van der Waals surface area (Å²) in [5.74, 6) is -5.49. The van der Waals surface area contributed by atoms with E-state index in [4.69, 9.17) is 0 Å². The summed E-state index contributed by atoms with van der Waals surface area (Å²) in [6, 6.07) is 6.14. The van der Waals surface area contributed by atoms with Gasteiger partial charge >= 0.3 is 11.9 Å². The van der Waals surface area contributed by atoms with Crippen molar-refractivity contribution in [1.29, 1.82) is 0 Å². The fourth-order valence-electron chi connectivity index (χ4n) is 1.79. The highest BCUT2D eigenvalue weighted by molar-refractivity contribution is 5.79. The Morgan fingerprint density at radius 3 is 2.20 bits per heavy atom. The molecule has 0 bridgehead atoms. The summed E-state index contributed by atoms with van der Waals surface area (Å²) in [4.78, 5) is 11.3. The first-order valence-electron chi connectivity index (χ1n) is 6.52. The molecule has 1 N–H and O–H groups in total. The number of rotatable bonds is 5. The number of esters is 1. The molecule has 0 fully saturated rings. The van der Waals surface area contributed by atoms with Gasteiger partial charge in [0.15, 0.2) is 5.60 Å². The molecule has 0 amide bonds. The zero-order valence-electron chi connectivity index (χ0n) is 12.1. The molecule has 1 rings (SSSR count). The first-order valence-corrected chi connectivity index (χ1v) is 6.52. The minimum Gasteiger partial charge on any atom is -0.461 e. The number of ether oxygens (including phenoxy) is 1. The van der Waals surface area contributed by atoms with Gasteiger partial charge < -0.3 is 9.84 Å². The van der Waals surface area contributed by atoms with Gasteiger partial charge in [-0.15, -0.1) is 0 Å². The third-order valence-corrected chi connectivity index (χ3v) is 3.28. The van der Waals surface area contributed by atoms with Crippen molar-refractivity contribution in [2.45, 2.75) is 45.1 Å². The largest absolute Gasteiger partial charge is 0.461 e. The monoisotopic (exact) mass is 286 g/mol. The highest BCUT2D eigenvalue weighted by Gasteiger charge is 2.57. The lowest BCUT2D eigenvalue weighted by molar-refractivity contribution is -0.212. The summed E-state index contributed by atoms with van der Waals surface area (Å²) < 4.78 is 32.3. The number of carbonyl (C=O) groups is 1. The summed E-state index contributed by atoms with van der Waals surface area (Å²) >= 11 is 0. The van der Waals surface area contributed by atoms with Gasteiger partial charge in [0.05, 0.1) is 6.61 Å². The van der Waals surface area contributed by atoms with Crippen LogP contribution in [0.5, 0.6) is 0 Å². The third-order valence-electron chi connectivity index (χ3n) is 3.28. The number of aliphatic hydroxyl groups is 1. The van der Waals surface area contributed by atoms with Crippen LogP contribution in [0.4, 0.5) is 8.78 Å². The van der Waals surface area contributed by atoms with Gasteiger partial charge in [-0.05, 0) is 30.9 Å². The first-order chi connectivity index (χ1) is 9.14. The molecule has 1 atom stereocenters. The normalized spacial score (nSPS) is 15.0. The fourth-order valence-corrected chi connectivity index (χ4v) is 1.79. The van der Waals surface area contributed by atoms with Crippen molar-refractivity contribution >= 4 is 5.97 Å². The highest BCUT2D eigenvalue weighted by Crippen LogP contribution is 2.38. The average molecular weight is 286 g/mol. The number of benzene rings is 1. The Morgan fingerprint density at radius 2 is 1.80 bits per heavy atom. The summed E-state index contributed by atoms with van der Waals surface area (Å²) in [6.07, 6.45) is 0. The van der Waals surface area contributed by atoms with E-state index >= 15 is 0 Å². The molecule has 0 radical (unpaired) electrons. The summed E-state index contributed by atoms with van der Waals surface area (Å²) in [5.41, 5.74) is -1.68.